The van der Waals surface area contributed by atoms with Crippen LogP contribution in [0.3, 0.4) is 0 Å². The molecular formula is C126H247N15O9. The van der Waals surface area contributed by atoms with E-state index >= 15 is 0 Å². The second kappa shape index (κ2) is 60.2. The van der Waals surface area contributed by atoms with E-state index in [1.807, 2.05) is 76.3 Å². The van der Waals surface area contributed by atoms with Crippen molar-refractivity contribution in [2.45, 2.75) is 577 Å². The fourth-order valence-electron chi connectivity index (χ4n) is 27.2. The van der Waals surface area contributed by atoms with Gasteiger partial charge in [-0.2, -0.15) is 10.1 Å². The summed E-state index contributed by atoms with van der Waals surface area (Å²) in [5.74, 6) is 0. The fraction of sp³-hybridized carbons (Fsp3) is 0.841. The summed E-state index contributed by atoms with van der Waals surface area (Å²) < 4.78 is 28.8. The maximum Gasteiger partial charge on any atom is 0.0965 e. The molecule has 0 unspecified atom stereocenters. The number of nitrogens with one attached hydrogen (secondary N) is 7. The number of rotatable bonds is 32. The van der Waals surface area contributed by atoms with Crippen LogP contribution in [-0.2, 0) is 23.7 Å². The smallest absolute Gasteiger partial charge is 0.0965 e. The van der Waals surface area contributed by atoms with Crippen LogP contribution in [0.2, 0.25) is 0 Å². The highest BCUT2D eigenvalue weighted by molar-refractivity contribution is 5.10. The van der Waals surface area contributed by atoms with E-state index in [2.05, 4.69) is 410 Å². The van der Waals surface area contributed by atoms with E-state index in [9.17, 15) is 20.6 Å². The van der Waals surface area contributed by atoms with Gasteiger partial charge in [-0.3, -0.25) is 29.4 Å². The first-order valence-electron chi connectivity index (χ1n) is 57.3. The molecule has 10 aliphatic rings. The zero-order chi connectivity index (χ0) is 117. The molecule has 0 aliphatic carbocycles. The summed E-state index contributed by atoms with van der Waals surface area (Å²) in [6.07, 6.45) is 41.6. The molecule has 10 rings (SSSR count). The Morgan fingerprint density at radius 2 is 0.353 bits per heavy atom. The van der Waals surface area contributed by atoms with Gasteiger partial charge in [0, 0.05) is 174 Å². The van der Waals surface area contributed by atoms with Crippen molar-refractivity contribution in [3.8, 4) is 0 Å². The summed E-state index contributed by atoms with van der Waals surface area (Å²) in [4.78, 5) is 14.3. The van der Waals surface area contributed by atoms with Crippen LogP contribution < -0.4 is 37.2 Å². The van der Waals surface area contributed by atoms with Gasteiger partial charge < -0.3 is 81.5 Å². The Balaban J connectivity index is 0.000000834. The van der Waals surface area contributed by atoms with Gasteiger partial charge in [-0.15, -0.1) is 65.8 Å². The maximum atomic E-state index is 10.1. The zero-order valence-electron chi connectivity index (χ0n) is 106. The highest BCUT2D eigenvalue weighted by atomic mass is 16.5. The van der Waals surface area contributed by atoms with Gasteiger partial charge in [0.05, 0.1) is 77.0 Å². The molecule has 0 amide bonds. The van der Waals surface area contributed by atoms with Gasteiger partial charge in [-0.05, 0) is 434 Å². The molecule has 11 N–H and O–H groups in total. The molecule has 24 nitrogen and oxygen atoms in total. The highest BCUT2D eigenvalue weighted by Crippen LogP contribution is 2.46. The summed E-state index contributed by atoms with van der Waals surface area (Å²) in [6, 6.07) is 2.80. The lowest BCUT2D eigenvalue weighted by molar-refractivity contribution is -0.260. The number of piperidine rings is 10. The molecule has 0 atom stereocenters. The summed E-state index contributed by atoms with van der Waals surface area (Å²) in [6.45, 7) is 134. The average Bonchev–Trinajstić information content (AvgIpc) is 0.802. The van der Waals surface area contributed by atoms with E-state index in [1.54, 1.807) is 12.2 Å². The number of aliphatic hydroxyl groups excluding tert-OH is 2. The number of likely N-dealkylation sites (tertiary alicyclic amines) is 6. The Kier molecular flexibility index (Phi) is 58.0. The van der Waals surface area contributed by atoms with Crippen molar-refractivity contribution in [3.05, 3.63) is 127 Å². The number of ether oxygens (including phenoxy) is 5. The molecule has 24 heteroatoms. The number of hydroxylamine groups is 4. The second-order valence-electron chi connectivity index (χ2n) is 58.1. The van der Waals surface area contributed by atoms with Crippen LogP contribution in [0.25, 0.3) is 0 Å². The molecule has 10 saturated heterocycles. The van der Waals surface area contributed by atoms with Crippen molar-refractivity contribution in [3.63, 3.8) is 0 Å². The second-order valence-corrected chi connectivity index (χ2v) is 58.1. The van der Waals surface area contributed by atoms with Crippen LogP contribution in [0.5, 0.6) is 0 Å². The van der Waals surface area contributed by atoms with E-state index < -0.39 is 0 Å². The lowest BCUT2D eigenvalue weighted by Crippen LogP contribution is -2.64. The summed E-state index contributed by atoms with van der Waals surface area (Å²) in [5.41, 5.74) is 2.03. The van der Waals surface area contributed by atoms with Crippen LogP contribution in [-0.4, -0.2) is 339 Å². The number of nitrogens with zero attached hydrogens (tertiary/aromatic N) is 8. The minimum Gasteiger partial charge on any atom is -0.381 e. The molecule has 10 fully saturated rings. The summed E-state index contributed by atoms with van der Waals surface area (Å²) in [5, 5.41) is 67.0. The van der Waals surface area contributed by atoms with Crippen molar-refractivity contribution in [1.82, 2.24) is 76.7 Å². The Bertz CT molecular complexity index is 3300. The lowest BCUT2D eigenvalue weighted by atomic mass is 9.77. The van der Waals surface area contributed by atoms with Crippen LogP contribution in [0.15, 0.2) is 127 Å². The molecular weight excluding hydrogens is 1870 g/mol. The van der Waals surface area contributed by atoms with E-state index in [4.69, 9.17) is 23.7 Å². The number of hydrogen-bond acceptors (Lipinski definition) is 24. The number of hydrogen-bond donors (Lipinski definition) is 11. The Labute approximate surface area is 926 Å². The lowest BCUT2D eigenvalue weighted by Gasteiger charge is -2.54. The molecule has 0 aromatic rings. The molecule has 10 heterocycles. The van der Waals surface area contributed by atoms with Gasteiger partial charge in [0.2, 0.25) is 0 Å². The van der Waals surface area contributed by atoms with Crippen molar-refractivity contribution in [2.24, 2.45) is 0 Å². The van der Waals surface area contributed by atoms with Crippen molar-refractivity contribution in [1.29, 1.82) is 0 Å². The quantitative estimate of drug-likeness (QED) is 0.0281. The van der Waals surface area contributed by atoms with Crippen molar-refractivity contribution in [2.75, 3.05) is 107 Å². The standard InChI is InChI=1S/C13H26N2O.2C13H26N2.C13H25NO2.2C13H25NO.C12H24N2O.C12H24N2.C12H23NO2.C12H23NO/c1-6-7-14-11-8-12(2,3)15(10-16)13(4,5)9-11;2*1-7-8-14-11-9-12(2,3)15(6)13(4,5)10-11;1-6-7-16-11-8-12(2,3)14(10-15)13(4,5)9-11;2*1-7-8-15-11-9-12(2,3)14(6)13(4,5)10-11;1-6-7-13-10-8-11(2,3)14(15)12(4,5)9-10;1-6-7-13-10-8-11(2,3)14-12(4,5)9-10;1-6-7-15-10-8-11(2,3)13(14)12(4,5)9-10;1-6-7-14-10-8-11(2,3)13-12(4,5)9-10/h6,11,14,16H,1,7-10H2,2-5H3;2*7,11,14H,1,8-10H2,2-6H3;6,11,15H,1,7-10H2,2-5H3;2*7,11H,1,8-10H2,2-6H3;6,10,13,15H,1,7-9H2,2-5H3;6,10,13-14H,1,7-9H2,2-5H3;6,10,14H,1,7-9H2,2-5H3;6,10,13H,1,7-9H2,2-5H3. The minimum atomic E-state index is -0.229. The fourth-order valence-corrected chi connectivity index (χ4v) is 27.2. The van der Waals surface area contributed by atoms with Gasteiger partial charge >= 0.3 is 0 Å². The van der Waals surface area contributed by atoms with E-state index in [0.717, 1.165) is 123 Å². The molecule has 150 heavy (non-hydrogen) atoms. The zero-order valence-corrected chi connectivity index (χ0v) is 106. The maximum absolute atomic E-state index is 10.1. The van der Waals surface area contributed by atoms with Crippen molar-refractivity contribution >= 4 is 0 Å². The van der Waals surface area contributed by atoms with Gasteiger partial charge in [0.25, 0.3) is 0 Å². The average molecular weight is 2120 g/mol. The molecule has 0 spiro atoms. The molecule has 10 aliphatic heterocycles. The van der Waals surface area contributed by atoms with Crippen LogP contribution in [0.1, 0.15) is 405 Å². The van der Waals surface area contributed by atoms with Crippen molar-refractivity contribution < 1.29 is 44.3 Å². The summed E-state index contributed by atoms with van der Waals surface area (Å²) >= 11 is 0. The Morgan fingerprint density at radius 1 is 0.213 bits per heavy atom. The van der Waals surface area contributed by atoms with E-state index in [0.29, 0.717) is 81.6 Å². The van der Waals surface area contributed by atoms with Gasteiger partial charge in [-0.25, -0.2) is 0 Å². The Hall–Kier alpha value is -3.56. The van der Waals surface area contributed by atoms with Gasteiger partial charge in [0.15, 0.2) is 0 Å². The third-order valence-corrected chi connectivity index (χ3v) is 33.9. The van der Waals surface area contributed by atoms with Crippen LogP contribution >= 0.6 is 0 Å². The molecule has 0 aromatic heterocycles. The topological polar surface area (TPSA) is 237 Å². The first-order chi connectivity index (χ1) is 68.1. The monoisotopic (exact) mass is 2110 g/mol. The largest absolute Gasteiger partial charge is 0.381 e. The van der Waals surface area contributed by atoms with Crippen LogP contribution in [0.4, 0.5) is 0 Å². The third-order valence-electron chi connectivity index (χ3n) is 33.9. The Morgan fingerprint density at radius 3 is 0.540 bits per heavy atom. The third kappa shape index (κ3) is 48.1. The predicted octanol–water partition coefficient (Wildman–Crippen LogP) is 23.7. The summed E-state index contributed by atoms with van der Waals surface area (Å²) in [7, 11) is 8.90. The van der Waals surface area contributed by atoms with Gasteiger partial charge in [0.1, 0.15) is 0 Å². The molecule has 0 aromatic carbocycles. The normalized spacial score (nSPS) is 26.2. The molecule has 0 radical (unpaired) electrons. The van der Waals surface area contributed by atoms with Crippen LogP contribution in [0, 0.1) is 0 Å². The molecule has 880 valence electrons. The van der Waals surface area contributed by atoms with E-state index in [-0.39, 0.29) is 136 Å². The van der Waals surface area contributed by atoms with E-state index in [1.165, 1.54) is 48.7 Å². The first-order valence-corrected chi connectivity index (χ1v) is 57.3. The van der Waals surface area contributed by atoms with Gasteiger partial charge in [-0.1, -0.05) is 60.8 Å². The minimum absolute atomic E-state index is 0.0255. The molecule has 0 bridgehead atoms. The number of aliphatic hydroxyl groups is 2. The SMILES string of the molecule is C=CCNC1CC(C)(C)N(C)C(C)(C)C1.C=CCNC1CC(C)(C)N(C)C(C)(C)C1.C=CCNC1CC(C)(C)N(CO)C(C)(C)C1.C=CCNC1CC(C)(C)N(O)C(C)(C)C1.C=CCNC1CC(C)(C)NC(C)(C)C1.C=CCOC1CC(C)(C)N(C)C(C)(C)C1.C=CCOC1CC(C)(C)N(C)C(C)(C)C1.C=CCOC1CC(C)(C)N(CO)C(C)(C)C1.C=CCOC1CC(C)(C)N(O)C(C)(C)C1.C=CCOC1CC(C)(C)NC(C)(C)C1. The highest BCUT2D eigenvalue weighted by Gasteiger charge is 2.53. The first kappa shape index (κ1) is 144. The molecule has 0 saturated carbocycles. The predicted molar refractivity (Wildman–Crippen MR) is 646 cm³/mol.